The molecule has 0 aliphatic carbocycles. The van der Waals surface area contributed by atoms with E-state index in [0.717, 1.165) is 4.90 Å². The second-order valence-corrected chi connectivity index (χ2v) is 4.98. The molecule has 0 aromatic carbocycles. The quantitative estimate of drug-likeness (QED) is 0.654. The summed E-state index contributed by atoms with van der Waals surface area (Å²) in [6.45, 7) is 4.11. The molecule has 7 nitrogen and oxygen atoms in total. The van der Waals surface area contributed by atoms with Crippen LogP contribution in [-0.2, 0) is 19.2 Å². The zero-order valence-electron chi connectivity index (χ0n) is 10.5. The molecule has 1 aliphatic heterocycles. The van der Waals surface area contributed by atoms with E-state index in [0.29, 0.717) is 0 Å². The van der Waals surface area contributed by atoms with Crippen molar-refractivity contribution in [2.45, 2.75) is 33.2 Å². The first-order valence-electron chi connectivity index (χ1n) is 5.51. The highest BCUT2D eigenvalue weighted by atomic mass is 16.4. The lowest BCUT2D eigenvalue weighted by Crippen LogP contribution is -2.59. The van der Waals surface area contributed by atoms with Gasteiger partial charge in [-0.05, 0) is 20.8 Å². The fourth-order valence-corrected chi connectivity index (χ4v) is 1.57. The van der Waals surface area contributed by atoms with E-state index in [9.17, 15) is 19.2 Å². The number of carbonyl (C=O) groups excluding carboxylic acids is 3. The Bertz CT molecular complexity index is 416. The molecule has 0 aromatic heterocycles. The number of carboxylic acid groups (broad SMARTS) is 1. The van der Waals surface area contributed by atoms with Crippen molar-refractivity contribution in [2.24, 2.45) is 5.41 Å². The van der Waals surface area contributed by atoms with Crippen molar-refractivity contribution in [2.75, 3.05) is 6.54 Å². The number of nitrogens with one attached hydrogen (secondary N) is 1. The molecule has 1 rings (SSSR count). The number of carboxylic acids is 1. The standard InChI is InChI=1S/C11H16N2O5/c1-6-9(16)12-7(14)5-13(6)8(15)4-11(2,3)10(17)18/h6H,4-5H2,1-3H3,(H,17,18)(H,12,14,16). The summed E-state index contributed by atoms with van der Waals surface area (Å²) in [5, 5.41) is 11.1. The number of carbonyl (C=O) groups is 4. The van der Waals surface area contributed by atoms with Crippen LogP contribution in [0.3, 0.4) is 0 Å². The summed E-state index contributed by atoms with van der Waals surface area (Å²) < 4.78 is 0. The topological polar surface area (TPSA) is 104 Å². The monoisotopic (exact) mass is 256 g/mol. The summed E-state index contributed by atoms with van der Waals surface area (Å²) in [6, 6.07) is -0.764. The molecule has 1 fully saturated rings. The Balaban J connectivity index is 2.80. The first kappa shape index (κ1) is 14.1. The van der Waals surface area contributed by atoms with Gasteiger partial charge in [0.1, 0.15) is 12.6 Å². The van der Waals surface area contributed by atoms with Crippen molar-refractivity contribution in [1.82, 2.24) is 10.2 Å². The van der Waals surface area contributed by atoms with E-state index in [1.54, 1.807) is 0 Å². The third kappa shape index (κ3) is 2.85. The second kappa shape index (κ2) is 4.75. The third-order valence-corrected chi connectivity index (χ3v) is 2.92. The van der Waals surface area contributed by atoms with Gasteiger partial charge in [-0.15, -0.1) is 0 Å². The summed E-state index contributed by atoms with van der Waals surface area (Å²) >= 11 is 0. The van der Waals surface area contributed by atoms with Crippen molar-refractivity contribution in [3.63, 3.8) is 0 Å². The summed E-state index contributed by atoms with van der Waals surface area (Å²) in [7, 11) is 0. The summed E-state index contributed by atoms with van der Waals surface area (Å²) in [5.41, 5.74) is -1.23. The lowest BCUT2D eigenvalue weighted by Gasteiger charge is -2.33. The van der Waals surface area contributed by atoms with Crippen LogP contribution in [0.2, 0.25) is 0 Å². The molecule has 0 saturated carbocycles. The molecule has 0 radical (unpaired) electrons. The Morgan fingerprint density at radius 1 is 1.44 bits per heavy atom. The maximum atomic E-state index is 12.0. The van der Waals surface area contributed by atoms with Crippen LogP contribution in [0.15, 0.2) is 0 Å². The van der Waals surface area contributed by atoms with Gasteiger partial charge in [-0.1, -0.05) is 0 Å². The van der Waals surface area contributed by atoms with Gasteiger partial charge in [-0.2, -0.15) is 0 Å². The molecule has 1 atom stereocenters. The minimum Gasteiger partial charge on any atom is -0.481 e. The molecule has 1 aliphatic rings. The molecule has 7 heteroatoms. The zero-order chi connectivity index (χ0) is 14.1. The van der Waals surface area contributed by atoms with Crippen molar-refractivity contribution in [3.05, 3.63) is 0 Å². The number of nitrogens with zero attached hydrogens (tertiary/aromatic N) is 1. The second-order valence-electron chi connectivity index (χ2n) is 4.98. The highest BCUT2D eigenvalue weighted by Gasteiger charge is 2.38. The number of aliphatic carboxylic acids is 1. The molecular weight excluding hydrogens is 240 g/mol. The van der Waals surface area contributed by atoms with E-state index in [1.807, 2.05) is 0 Å². The Morgan fingerprint density at radius 3 is 2.50 bits per heavy atom. The van der Waals surface area contributed by atoms with Crippen molar-refractivity contribution < 1.29 is 24.3 Å². The maximum Gasteiger partial charge on any atom is 0.309 e. The molecule has 0 spiro atoms. The molecule has 1 heterocycles. The van der Waals surface area contributed by atoms with E-state index in [1.165, 1.54) is 20.8 Å². The number of rotatable bonds is 3. The van der Waals surface area contributed by atoms with Crippen molar-refractivity contribution >= 4 is 23.7 Å². The highest BCUT2D eigenvalue weighted by Crippen LogP contribution is 2.22. The fraction of sp³-hybridized carbons (Fsp3) is 0.636. The van der Waals surface area contributed by atoms with Crippen LogP contribution < -0.4 is 5.32 Å². The van der Waals surface area contributed by atoms with Gasteiger partial charge in [-0.25, -0.2) is 0 Å². The van der Waals surface area contributed by atoms with E-state index in [-0.39, 0.29) is 13.0 Å². The number of hydrogen-bond donors (Lipinski definition) is 2. The van der Waals surface area contributed by atoms with Crippen LogP contribution in [0.4, 0.5) is 0 Å². The molecule has 100 valence electrons. The van der Waals surface area contributed by atoms with Gasteiger partial charge in [0, 0.05) is 6.42 Å². The largest absolute Gasteiger partial charge is 0.481 e. The molecule has 1 saturated heterocycles. The molecule has 2 N–H and O–H groups in total. The van der Waals surface area contributed by atoms with Crippen LogP contribution in [0, 0.1) is 5.41 Å². The van der Waals surface area contributed by atoms with Gasteiger partial charge in [0.2, 0.25) is 17.7 Å². The Hall–Kier alpha value is -1.92. The van der Waals surface area contributed by atoms with Crippen molar-refractivity contribution in [3.8, 4) is 0 Å². The lowest BCUT2D eigenvalue weighted by molar-refractivity contribution is -0.155. The Labute approximate surface area is 104 Å². The molecule has 18 heavy (non-hydrogen) atoms. The van der Waals surface area contributed by atoms with Gasteiger partial charge < -0.3 is 10.0 Å². The van der Waals surface area contributed by atoms with Crippen LogP contribution >= 0.6 is 0 Å². The van der Waals surface area contributed by atoms with E-state index in [4.69, 9.17) is 5.11 Å². The van der Waals surface area contributed by atoms with Gasteiger partial charge in [-0.3, -0.25) is 24.5 Å². The molecule has 3 amide bonds. The van der Waals surface area contributed by atoms with Crippen LogP contribution in [-0.4, -0.2) is 46.3 Å². The van der Waals surface area contributed by atoms with Crippen LogP contribution in [0.25, 0.3) is 0 Å². The normalized spacial score (nSPS) is 20.6. The van der Waals surface area contributed by atoms with Crippen LogP contribution in [0.1, 0.15) is 27.2 Å². The maximum absolute atomic E-state index is 12.0. The Morgan fingerprint density at radius 2 is 2.00 bits per heavy atom. The SMILES string of the molecule is CC1C(=O)NC(=O)CN1C(=O)CC(C)(C)C(=O)O. The van der Waals surface area contributed by atoms with Crippen LogP contribution in [0.5, 0.6) is 0 Å². The number of hydrogen-bond acceptors (Lipinski definition) is 4. The fourth-order valence-electron chi connectivity index (χ4n) is 1.57. The average Bonchev–Trinajstić information content (AvgIpc) is 2.22. The minimum atomic E-state index is -1.23. The lowest BCUT2D eigenvalue weighted by atomic mass is 9.88. The smallest absolute Gasteiger partial charge is 0.309 e. The number of amides is 3. The van der Waals surface area contributed by atoms with E-state index in [2.05, 4.69) is 5.32 Å². The first-order valence-corrected chi connectivity index (χ1v) is 5.51. The molecule has 0 bridgehead atoms. The first-order chi connectivity index (χ1) is 8.15. The highest BCUT2D eigenvalue weighted by molar-refractivity contribution is 6.04. The van der Waals surface area contributed by atoms with E-state index < -0.39 is 35.1 Å². The predicted molar refractivity (Wildman–Crippen MR) is 60.4 cm³/mol. The summed E-state index contributed by atoms with van der Waals surface area (Å²) in [6.07, 6.45) is -0.257. The van der Waals surface area contributed by atoms with Gasteiger partial charge in [0.05, 0.1) is 5.41 Å². The van der Waals surface area contributed by atoms with Gasteiger partial charge in [0.15, 0.2) is 0 Å². The Kier molecular flexibility index (Phi) is 3.73. The summed E-state index contributed by atoms with van der Waals surface area (Å²) in [5.74, 6) is -2.72. The minimum absolute atomic E-state index is 0.221. The predicted octanol–water partition coefficient (Wildman–Crippen LogP) is -0.639. The number of piperazine rings is 1. The van der Waals surface area contributed by atoms with Crippen molar-refractivity contribution in [1.29, 1.82) is 0 Å². The van der Waals surface area contributed by atoms with Gasteiger partial charge >= 0.3 is 5.97 Å². The molecule has 1 unspecified atom stereocenters. The summed E-state index contributed by atoms with van der Waals surface area (Å²) in [4.78, 5) is 46.6. The molecular formula is C11H16N2O5. The average molecular weight is 256 g/mol. The third-order valence-electron chi connectivity index (χ3n) is 2.92. The number of imide groups is 1. The van der Waals surface area contributed by atoms with E-state index >= 15 is 0 Å². The molecule has 0 aromatic rings. The van der Waals surface area contributed by atoms with Gasteiger partial charge in [0.25, 0.3) is 0 Å². The zero-order valence-corrected chi connectivity index (χ0v) is 10.5.